The van der Waals surface area contributed by atoms with Crippen LogP contribution in [0.2, 0.25) is 0 Å². The van der Waals surface area contributed by atoms with E-state index in [-0.39, 0.29) is 5.78 Å². The van der Waals surface area contributed by atoms with Crippen molar-refractivity contribution in [3.63, 3.8) is 0 Å². The maximum atomic E-state index is 12.2. The van der Waals surface area contributed by atoms with Gasteiger partial charge in [0.2, 0.25) is 5.78 Å². The smallest absolute Gasteiger partial charge is 0.303 e. The van der Waals surface area contributed by atoms with Crippen molar-refractivity contribution in [3.05, 3.63) is 29.8 Å². The largest absolute Gasteiger partial charge is 0.451 e. The lowest BCUT2D eigenvalue weighted by Crippen LogP contribution is -2.36. The van der Waals surface area contributed by atoms with E-state index < -0.39 is 11.6 Å². The number of carbonyl (C=O) groups is 2. The summed E-state index contributed by atoms with van der Waals surface area (Å²) >= 11 is 1.72. The van der Waals surface area contributed by atoms with Crippen molar-refractivity contribution in [2.75, 3.05) is 5.75 Å². The van der Waals surface area contributed by atoms with Crippen molar-refractivity contribution >= 4 is 23.5 Å². The maximum Gasteiger partial charge on any atom is 0.303 e. The topological polar surface area (TPSA) is 43.4 Å². The summed E-state index contributed by atoms with van der Waals surface area (Å²) in [7, 11) is 0. The van der Waals surface area contributed by atoms with Gasteiger partial charge in [-0.2, -0.15) is 0 Å². The molecule has 0 fully saturated rings. The molecule has 0 N–H and O–H groups in total. The Hall–Kier alpha value is -1.29. The minimum Gasteiger partial charge on any atom is -0.451 e. The van der Waals surface area contributed by atoms with Gasteiger partial charge in [-0.25, -0.2) is 0 Å². The summed E-state index contributed by atoms with van der Waals surface area (Å²) in [5.74, 6) is 0.351. The third kappa shape index (κ3) is 3.88. The van der Waals surface area contributed by atoms with Gasteiger partial charge in [-0.1, -0.05) is 19.1 Å². The Morgan fingerprint density at radius 3 is 2.22 bits per heavy atom. The lowest BCUT2D eigenvalue weighted by Gasteiger charge is -2.22. The van der Waals surface area contributed by atoms with Gasteiger partial charge in [0.05, 0.1) is 0 Å². The fourth-order valence-corrected chi connectivity index (χ4v) is 2.28. The number of hydrogen-bond donors (Lipinski definition) is 0. The van der Waals surface area contributed by atoms with Crippen molar-refractivity contribution in [1.82, 2.24) is 0 Å². The summed E-state index contributed by atoms with van der Waals surface area (Å²) in [4.78, 5) is 24.3. The predicted molar refractivity (Wildman–Crippen MR) is 73.0 cm³/mol. The second-order valence-electron chi connectivity index (χ2n) is 4.39. The Kier molecular flexibility index (Phi) is 4.96. The Bertz CT molecular complexity index is 435. The van der Waals surface area contributed by atoms with Gasteiger partial charge in [0, 0.05) is 17.4 Å². The first kappa shape index (κ1) is 14.8. The number of Topliss-reactive ketones (excluding diaryl/α,β-unsaturated/α-hetero) is 1. The molecule has 18 heavy (non-hydrogen) atoms. The first-order valence-corrected chi connectivity index (χ1v) is 6.82. The summed E-state index contributed by atoms with van der Waals surface area (Å²) in [6.07, 6.45) is 0. The standard InChI is InChI=1S/C14H18O3S/c1-5-18-12-8-6-11(7-9-12)13(16)14(3,4)17-10(2)15/h6-9H,5H2,1-4H3. The fourth-order valence-electron chi connectivity index (χ4n) is 1.62. The monoisotopic (exact) mass is 266 g/mol. The molecule has 1 aromatic rings. The van der Waals surface area contributed by atoms with Gasteiger partial charge in [-0.3, -0.25) is 9.59 Å². The molecule has 0 bridgehead atoms. The lowest BCUT2D eigenvalue weighted by molar-refractivity contribution is -0.149. The highest BCUT2D eigenvalue weighted by molar-refractivity contribution is 7.99. The summed E-state index contributed by atoms with van der Waals surface area (Å²) < 4.78 is 5.04. The molecule has 0 aliphatic rings. The Morgan fingerprint density at radius 1 is 1.22 bits per heavy atom. The zero-order valence-corrected chi connectivity index (χ0v) is 12.0. The van der Waals surface area contributed by atoms with Crippen LogP contribution < -0.4 is 0 Å². The van der Waals surface area contributed by atoms with E-state index in [4.69, 9.17) is 4.74 Å². The van der Waals surface area contributed by atoms with Crippen LogP contribution in [0, 0.1) is 0 Å². The van der Waals surface area contributed by atoms with Crippen LogP contribution in [-0.2, 0) is 9.53 Å². The molecule has 3 nitrogen and oxygen atoms in total. The molecular weight excluding hydrogens is 248 g/mol. The second kappa shape index (κ2) is 6.05. The molecule has 98 valence electrons. The third-order valence-corrected chi connectivity index (χ3v) is 3.27. The summed E-state index contributed by atoms with van der Waals surface area (Å²) in [5, 5.41) is 0. The number of rotatable bonds is 5. The number of ketones is 1. The molecule has 1 aromatic carbocycles. The van der Waals surface area contributed by atoms with E-state index in [1.165, 1.54) is 6.92 Å². The van der Waals surface area contributed by atoms with Crippen LogP contribution in [0.3, 0.4) is 0 Å². The van der Waals surface area contributed by atoms with Crippen LogP contribution in [0.4, 0.5) is 0 Å². The second-order valence-corrected chi connectivity index (χ2v) is 5.73. The van der Waals surface area contributed by atoms with Crippen LogP contribution in [0.5, 0.6) is 0 Å². The Morgan fingerprint density at radius 2 is 1.78 bits per heavy atom. The number of esters is 1. The van der Waals surface area contributed by atoms with Crippen molar-refractivity contribution < 1.29 is 14.3 Å². The molecule has 0 aliphatic carbocycles. The number of benzene rings is 1. The first-order valence-electron chi connectivity index (χ1n) is 5.84. The summed E-state index contributed by atoms with van der Waals surface area (Å²) in [6, 6.07) is 7.35. The molecular formula is C14H18O3S. The highest BCUT2D eigenvalue weighted by atomic mass is 32.2. The molecule has 0 heterocycles. The van der Waals surface area contributed by atoms with Crippen LogP contribution in [0.15, 0.2) is 29.2 Å². The Balaban J connectivity index is 2.86. The summed E-state index contributed by atoms with van der Waals surface area (Å²) in [6.45, 7) is 6.58. The predicted octanol–water partition coefficient (Wildman–Crippen LogP) is 3.32. The van der Waals surface area contributed by atoms with Gasteiger partial charge in [-0.15, -0.1) is 11.8 Å². The molecule has 0 aromatic heterocycles. The molecule has 0 saturated carbocycles. The third-order valence-electron chi connectivity index (χ3n) is 2.37. The van der Waals surface area contributed by atoms with Gasteiger partial charge in [0.1, 0.15) is 0 Å². The van der Waals surface area contributed by atoms with E-state index in [1.807, 2.05) is 12.1 Å². The first-order chi connectivity index (χ1) is 8.36. The van der Waals surface area contributed by atoms with Crippen molar-refractivity contribution in [2.24, 2.45) is 0 Å². The van der Waals surface area contributed by atoms with Gasteiger partial charge in [0.15, 0.2) is 5.60 Å². The van der Waals surface area contributed by atoms with Crippen LogP contribution in [-0.4, -0.2) is 23.1 Å². The average Bonchev–Trinajstić information content (AvgIpc) is 2.28. The minimum absolute atomic E-state index is 0.189. The van der Waals surface area contributed by atoms with E-state index in [1.54, 1.807) is 37.7 Å². The minimum atomic E-state index is -1.12. The molecule has 0 amide bonds. The quantitative estimate of drug-likeness (QED) is 0.466. The van der Waals surface area contributed by atoms with Crippen LogP contribution >= 0.6 is 11.8 Å². The zero-order valence-electron chi connectivity index (χ0n) is 11.1. The molecule has 0 saturated heterocycles. The van der Waals surface area contributed by atoms with E-state index in [9.17, 15) is 9.59 Å². The number of thioether (sulfide) groups is 1. The maximum absolute atomic E-state index is 12.2. The van der Waals surface area contributed by atoms with Gasteiger partial charge in [-0.05, 0) is 31.7 Å². The van der Waals surface area contributed by atoms with Gasteiger partial charge >= 0.3 is 5.97 Å². The highest BCUT2D eigenvalue weighted by Gasteiger charge is 2.31. The van der Waals surface area contributed by atoms with E-state index >= 15 is 0 Å². The van der Waals surface area contributed by atoms with Crippen molar-refractivity contribution in [2.45, 2.75) is 38.2 Å². The van der Waals surface area contributed by atoms with Crippen LogP contribution in [0.25, 0.3) is 0 Å². The number of carbonyl (C=O) groups excluding carboxylic acids is 2. The molecule has 0 unspecified atom stereocenters. The van der Waals surface area contributed by atoms with E-state index in [2.05, 4.69) is 6.92 Å². The normalized spacial score (nSPS) is 11.1. The summed E-state index contributed by atoms with van der Waals surface area (Å²) in [5.41, 5.74) is -0.563. The molecule has 1 rings (SSSR count). The van der Waals surface area contributed by atoms with Gasteiger partial charge in [0.25, 0.3) is 0 Å². The van der Waals surface area contributed by atoms with Crippen LogP contribution in [0.1, 0.15) is 38.1 Å². The molecule has 0 aliphatic heterocycles. The van der Waals surface area contributed by atoms with Crippen molar-refractivity contribution in [1.29, 1.82) is 0 Å². The molecule has 0 atom stereocenters. The Labute approximate surface area is 112 Å². The fraction of sp³-hybridized carbons (Fsp3) is 0.429. The zero-order chi connectivity index (χ0) is 13.8. The number of ether oxygens (including phenoxy) is 1. The SMILES string of the molecule is CCSc1ccc(C(=O)C(C)(C)OC(C)=O)cc1. The molecule has 4 heteroatoms. The van der Waals surface area contributed by atoms with Crippen molar-refractivity contribution in [3.8, 4) is 0 Å². The average molecular weight is 266 g/mol. The van der Waals surface area contributed by atoms with E-state index in [0.717, 1.165) is 10.6 Å². The lowest BCUT2D eigenvalue weighted by atomic mass is 9.96. The molecule has 0 radical (unpaired) electrons. The molecule has 0 spiro atoms. The highest BCUT2D eigenvalue weighted by Crippen LogP contribution is 2.21. The van der Waals surface area contributed by atoms with E-state index in [0.29, 0.717) is 5.56 Å². The number of hydrogen-bond acceptors (Lipinski definition) is 4. The van der Waals surface area contributed by atoms with Gasteiger partial charge < -0.3 is 4.74 Å².